The van der Waals surface area contributed by atoms with Crippen LogP contribution in [0.15, 0.2) is 24.3 Å². The Kier molecular flexibility index (Phi) is 5.51. The van der Waals surface area contributed by atoms with E-state index in [1.807, 2.05) is 6.07 Å². The second kappa shape index (κ2) is 7.01. The van der Waals surface area contributed by atoms with Crippen LogP contribution in [-0.2, 0) is 10.2 Å². The topological polar surface area (TPSA) is 29.5 Å². The van der Waals surface area contributed by atoms with Crippen LogP contribution in [0.4, 0.5) is 0 Å². The lowest BCUT2D eigenvalue weighted by atomic mass is 9.59. The summed E-state index contributed by atoms with van der Waals surface area (Å²) in [7, 11) is 1.72. The van der Waals surface area contributed by atoms with Crippen molar-refractivity contribution in [2.45, 2.75) is 38.0 Å². The lowest BCUT2D eigenvalue weighted by Crippen LogP contribution is -2.52. The van der Waals surface area contributed by atoms with E-state index < -0.39 is 0 Å². The molecule has 0 radical (unpaired) electrons. The molecule has 1 saturated carbocycles. The van der Waals surface area contributed by atoms with Crippen LogP contribution in [0.5, 0.6) is 5.75 Å². The van der Waals surface area contributed by atoms with Crippen molar-refractivity contribution in [1.29, 1.82) is 0 Å². The Labute approximate surface area is 139 Å². The number of rotatable bonds is 3. The van der Waals surface area contributed by atoms with Crippen molar-refractivity contribution in [3.05, 3.63) is 29.8 Å². The van der Waals surface area contributed by atoms with Crippen LogP contribution in [0, 0.1) is 5.92 Å². The molecule has 1 aromatic carbocycles. The van der Waals surface area contributed by atoms with E-state index in [-0.39, 0.29) is 17.8 Å². The largest absolute Gasteiger partial charge is 0.497 e. The number of carbonyl (C=O) groups is 1. The molecule has 2 fully saturated rings. The molecule has 1 aliphatic heterocycles. The molecule has 0 amide bonds. The van der Waals surface area contributed by atoms with Crippen molar-refractivity contribution in [2.24, 2.45) is 5.92 Å². The van der Waals surface area contributed by atoms with E-state index in [0.29, 0.717) is 11.7 Å². The third kappa shape index (κ3) is 3.02. The smallest absolute Gasteiger partial charge is 0.133 e. The number of hydrogen-bond donors (Lipinski definition) is 0. The highest BCUT2D eigenvalue weighted by atomic mass is 35.5. The fourth-order valence-corrected chi connectivity index (χ4v) is 4.21. The quantitative estimate of drug-likeness (QED) is 0.853. The van der Waals surface area contributed by atoms with Gasteiger partial charge in [0.25, 0.3) is 0 Å². The third-order valence-corrected chi connectivity index (χ3v) is 5.55. The van der Waals surface area contributed by atoms with E-state index in [1.165, 1.54) is 5.56 Å². The second-order valence-electron chi connectivity index (χ2n) is 6.47. The lowest BCUT2D eigenvalue weighted by molar-refractivity contribution is -0.124. The molecule has 0 bridgehead atoms. The maximum Gasteiger partial charge on any atom is 0.133 e. The van der Waals surface area contributed by atoms with E-state index in [0.717, 1.165) is 51.1 Å². The zero-order valence-electron chi connectivity index (χ0n) is 13.5. The van der Waals surface area contributed by atoms with Crippen molar-refractivity contribution in [3.63, 3.8) is 0 Å². The monoisotopic (exact) mass is 323 g/mol. The van der Waals surface area contributed by atoms with Crippen LogP contribution < -0.4 is 4.74 Å². The minimum Gasteiger partial charge on any atom is -0.497 e. The number of nitrogens with zero attached hydrogens (tertiary/aromatic N) is 1. The first kappa shape index (κ1) is 17.3. The van der Waals surface area contributed by atoms with Crippen molar-refractivity contribution in [3.8, 4) is 5.75 Å². The van der Waals surface area contributed by atoms with Crippen LogP contribution in [0.25, 0.3) is 0 Å². The summed E-state index contributed by atoms with van der Waals surface area (Å²) in [5.74, 6) is 1.83. The average molecular weight is 324 g/mol. The highest BCUT2D eigenvalue weighted by Crippen LogP contribution is 2.48. The lowest BCUT2D eigenvalue weighted by Gasteiger charge is -2.50. The predicted octanol–water partition coefficient (Wildman–Crippen LogP) is 3.45. The standard InChI is InChI=1S/C18H25NO2.ClH/c1-3-19-10-9-18(8-7-16(20)11-15(18)13-19)14-5-4-6-17(12-14)21-2;/h4-6,12,15H,3,7-11,13H2,1-2H3;1H. The van der Waals surface area contributed by atoms with Gasteiger partial charge in [-0.2, -0.15) is 0 Å². The van der Waals surface area contributed by atoms with Gasteiger partial charge < -0.3 is 9.64 Å². The molecule has 2 unspecified atom stereocenters. The Hall–Kier alpha value is -1.06. The first-order chi connectivity index (χ1) is 10.2. The molecule has 3 rings (SSSR count). The van der Waals surface area contributed by atoms with Gasteiger partial charge in [0.15, 0.2) is 0 Å². The fourth-order valence-electron chi connectivity index (χ4n) is 4.21. The molecule has 1 heterocycles. The fraction of sp³-hybridized carbons (Fsp3) is 0.611. The van der Waals surface area contributed by atoms with Crippen LogP contribution in [0.2, 0.25) is 0 Å². The predicted molar refractivity (Wildman–Crippen MR) is 91.0 cm³/mol. The van der Waals surface area contributed by atoms with Gasteiger partial charge in [0.2, 0.25) is 0 Å². The van der Waals surface area contributed by atoms with Crippen molar-refractivity contribution < 1.29 is 9.53 Å². The first-order valence-corrected chi connectivity index (χ1v) is 8.06. The maximum atomic E-state index is 12.0. The number of methoxy groups -OCH3 is 1. The summed E-state index contributed by atoms with van der Waals surface area (Å²) in [5.41, 5.74) is 1.55. The van der Waals surface area contributed by atoms with Gasteiger partial charge in [-0.1, -0.05) is 19.1 Å². The molecule has 122 valence electrons. The van der Waals surface area contributed by atoms with E-state index in [4.69, 9.17) is 4.74 Å². The van der Waals surface area contributed by atoms with Crippen LogP contribution in [-0.4, -0.2) is 37.4 Å². The van der Waals surface area contributed by atoms with Gasteiger partial charge in [0.1, 0.15) is 11.5 Å². The average Bonchev–Trinajstić information content (AvgIpc) is 2.54. The molecular formula is C18H26ClNO2. The molecule has 3 nitrogen and oxygen atoms in total. The van der Waals surface area contributed by atoms with Gasteiger partial charge in [0, 0.05) is 24.8 Å². The summed E-state index contributed by atoms with van der Waals surface area (Å²) in [6.07, 6.45) is 3.64. The number of likely N-dealkylation sites (tertiary alicyclic amines) is 1. The van der Waals surface area contributed by atoms with Crippen molar-refractivity contribution >= 4 is 18.2 Å². The molecule has 1 aromatic rings. The van der Waals surface area contributed by atoms with Crippen molar-refractivity contribution in [1.82, 2.24) is 4.90 Å². The zero-order chi connectivity index (χ0) is 14.9. The number of piperidine rings is 1. The van der Waals surface area contributed by atoms with Crippen molar-refractivity contribution in [2.75, 3.05) is 26.7 Å². The number of fused-ring (bicyclic) bond motifs is 1. The Balaban J connectivity index is 0.00000176. The number of hydrogen-bond acceptors (Lipinski definition) is 3. The number of halogens is 1. The molecule has 1 saturated heterocycles. The summed E-state index contributed by atoms with van der Waals surface area (Å²) in [5, 5.41) is 0. The van der Waals surface area contributed by atoms with Crippen LogP contribution in [0.3, 0.4) is 0 Å². The molecule has 1 aliphatic carbocycles. The SMILES string of the molecule is CCN1CCC2(c3cccc(OC)c3)CCC(=O)CC2C1.Cl. The van der Waals surface area contributed by atoms with Gasteiger partial charge in [-0.05, 0) is 49.5 Å². The van der Waals surface area contributed by atoms with Gasteiger partial charge in [-0.3, -0.25) is 4.79 Å². The highest BCUT2D eigenvalue weighted by Gasteiger charge is 2.47. The van der Waals surface area contributed by atoms with E-state index >= 15 is 0 Å². The molecule has 22 heavy (non-hydrogen) atoms. The van der Waals surface area contributed by atoms with Gasteiger partial charge in [-0.15, -0.1) is 12.4 Å². The first-order valence-electron chi connectivity index (χ1n) is 8.06. The Morgan fingerprint density at radius 2 is 2.18 bits per heavy atom. The zero-order valence-corrected chi connectivity index (χ0v) is 14.3. The third-order valence-electron chi connectivity index (χ3n) is 5.55. The van der Waals surface area contributed by atoms with E-state index in [1.54, 1.807) is 7.11 Å². The number of ether oxygens (including phenoxy) is 1. The Morgan fingerprint density at radius 1 is 1.36 bits per heavy atom. The minimum absolute atomic E-state index is 0. The molecule has 0 aromatic heterocycles. The van der Waals surface area contributed by atoms with Crippen LogP contribution in [0.1, 0.15) is 38.2 Å². The summed E-state index contributed by atoms with van der Waals surface area (Å²) in [6.45, 7) is 5.49. The normalized spacial score (nSPS) is 28.6. The highest BCUT2D eigenvalue weighted by molar-refractivity contribution is 5.85. The molecule has 2 aliphatic rings. The van der Waals surface area contributed by atoms with Gasteiger partial charge in [-0.25, -0.2) is 0 Å². The summed E-state index contributed by atoms with van der Waals surface area (Å²) in [6, 6.07) is 8.50. The van der Waals surface area contributed by atoms with Gasteiger partial charge >= 0.3 is 0 Å². The number of ketones is 1. The summed E-state index contributed by atoms with van der Waals surface area (Å²) in [4.78, 5) is 14.5. The molecule has 0 N–H and O–H groups in total. The van der Waals surface area contributed by atoms with Crippen LogP contribution >= 0.6 is 12.4 Å². The maximum absolute atomic E-state index is 12.0. The second-order valence-corrected chi connectivity index (χ2v) is 6.47. The van der Waals surface area contributed by atoms with E-state index in [2.05, 4.69) is 30.0 Å². The Morgan fingerprint density at radius 3 is 2.91 bits per heavy atom. The summed E-state index contributed by atoms with van der Waals surface area (Å²) >= 11 is 0. The number of Topliss-reactive ketones (excluding diaryl/α,β-unsaturated/α-hetero) is 1. The summed E-state index contributed by atoms with van der Waals surface area (Å²) < 4.78 is 5.41. The minimum atomic E-state index is 0. The molecule has 0 spiro atoms. The van der Waals surface area contributed by atoms with Gasteiger partial charge in [0.05, 0.1) is 7.11 Å². The van der Waals surface area contributed by atoms with E-state index in [9.17, 15) is 4.79 Å². The Bertz CT molecular complexity index is 534. The molecular weight excluding hydrogens is 298 g/mol. The molecule has 4 heteroatoms. The number of benzene rings is 1. The number of carbonyl (C=O) groups excluding carboxylic acids is 1. The molecule has 2 atom stereocenters.